The van der Waals surface area contributed by atoms with Crippen LogP contribution in [0.15, 0.2) is 47.2 Å². The normalized spacial score (nSPS) is 11.1. The maximum atomic E-state index is 12.1. The van der Waals surface area contributed by atoms with Gasteiger partial charge in [0.2, 0.25) is 0 Å². The van der Waals surface area contributed by atoms with Gasteiger partial charge in [-0.3, -0.25) is 9.78 Å². The lowest BCUT2D eigenvalue weighted by Crippen LogP contribution is -2.21. The van der Waals surface area contributed by atoms with Gasteiger partial charge in [-0.2, -0.15) is 0 Å². The quantitative estimate of drug-likeness (QED) is 0.791. The first kappa shape index (κ1) is 18.5. The smallest absolute Gasteiger partial charge is 0.293 e. The molecule has 1 atom stereocenters. The molecule has 0 amide bonds. The van der Waals surface area contributed by atoms with E-state index in [0.29, 0.717) is 18.1 Å². The molecule has 0 aliphatic heterocycles. The molecule has 0 saturated heterocycles. The number of pyridine rings is 1. The molecule has 0 spiro atoms. The van der Waals surface area contributed by atoms with E-state index in [1.165, 1.54) is 12.1 Å². The summed E-state index contributed by atoms with van der Waals surface area (Å²) in [6, 6.07) is 7.73. The molecule has 0 aliphatic rings. The zero-order valence-corrected chi connectivity index (χ0v) is 14.1. The summed E-state index contributed by atoms with van der Waals surface area (Å²) >= 11 is 8.73. The molecule has 1 N–H and O–H groups in total. The number of aromatic nitrogens is 1. The summed E-state index contributed by atoms with van der Waals surface area (Å²) in [6.45, 7) is 0.744. The molecule has 1 aromatic carbocycles. The van der Waals surface area contributed by atoms with E-state index in [1.54, 1.807) is 31.6 Å². The summed E-state index contributed by atoms with van der Waals surface area (Å²) < 4.78 is 17.7. The highest BCUT2D eigenvalue weighted by Crippen LogP contribution is 2.16. The topological polar surface area (TPSA) is 51.2 Å². The zero-order valence-electron chi connectivity index (χ0n) is 11.8. The Bertz CT molecular complexity index is 584. The molecule has 0 saturated carbocycles. The number of benzene rings is 1. The summed E-state index contributed by atoms with van der Waals surface area (Å²) in [5.74, 6) is -0.294. The number of carbonyl (C=O) groups is 1. The highest BCUT2D eigenvalue weighted by Gasteiger charge is 2.09. The molecule has 7 heteroatoms. The maximum absolute atomic E-state index is 12.1. The molecule has 1 heterocycles. The van der Waals surface area contributed by atoms with Crippen LogP contribution in [0.1, 0.15) is 11.6 Å². The number of hydrogen-bond acceptors (Lipinski definition) is 4. The second-order valence-electron chi connectivity index (χ2n) is 4.15. The second kappa shape index (κ2) is 10.3. The number of nitrogens with zero attached hydrogens (tertiary/aromatic N) is 1. The third kappa shape index (κ3) is 6.98. The van der Waals surface area contributed by atoms with E-state index < -0.39 is 0 Å². The third-order valence-electron chi connectivity index (χ3n) is 2.59. The first-order chi connectivity index (χ1) is 10.6. The minimum atomic E-state index is -0.294. The average Bonchev–Trinajstić information content (AvgIpc) is 2.48. The standard InChI is InChI=1S/C9H11BrN2O2.C6H4ClF/c1-11-9(5-14-6-13)7-2-8(10)4-12-3-7;7-5-2-1-3-6(8)4-5/h2-4,6,9,11H,5H2,1H3;1-4H. The third-order valence-corrected chi connectivity index (χ3v) is 3.26. The van der Waals surface area contributed by atoms with Gasteiger partial charge in [0.1, 0.15) is 12.4 Å². The van der Waals surface area contributed by atoms with Crippen molar-refractivity contribution in [3.8, 4) is 0 Å². The molecule has 0 radical (unpaired) electrons. The maximum Gasteiger partial charge on any atom is 0.293 e. The molecule has 1 aromatic heterocycles. The molecule has 0 fully saturated rings. The molecule has 22 heavy (non-hydrogen) atoms. The number of likely N-dealkylation sites (N-methyl/N-ethyl adjacent to an activating group) is 1. The fourth-order valence-electron chi connectivity index (χ4n) is 1.56. The van der Waals surface area contributed by atoms with E-state index >= 15 is 0 Å². The van der Waals surface area contributed by atoms with Gasteiger partial charge in [-0.15, -0.1) is 0 Å². The van der Waals surface area contributed by atoms with Crippen molar-refractivity contribution in [3.63, 3.8) is 0 Å². The van der Waals surface area contributed by atoms with Crippen LogP contribution < -0.4 is 5.32 Å². The highest BCUT2D eigenvalue weighted by atomic mass is 79.9. The van der Waals surface area contributed by atoms with Gasteiger partial charge in [-0.1, -0.05) is 17.7 Å². The van der Waals surface area contributed by atoms with E-state index in [0.717, 1.165) is 10.0 Å². The Morgan fingerprint density at radius 1 is 1.45 bits per heavy atom. The monoisotopic (exact) mass is 388 g/mol. The number of carbonyl (C=O) groups excluding carboxylic acids is 1. The molecular formula is C15H15BrClFN2O2. The van der Waals surface area contributed by atoms with E-state index in [1.807, 2.05) is 6.07 Å². The second-order valence-corrected chi connectivity index (χ2v) is 5.50. The van der Waals surface area contributed by atoms with Crippen molar-refractivity contribution >= 4 is 34.0 Å². The average molecular weight is 390 g/mol. The Kier molecular flexibility index (Phi) is 8.65. The molecule has 1 unspecified atom stereocenters. The molecular weight excluding hydrogens is 375 g/mol. The molecule has 0 aliphatic carbocycles. The van der Waals surface area contributed by atoms with Crippen LogP contribution in [0.2, 0.25) is 5.02 Å². The van der Waals surface area contributed by atoms with Crippen molar-refractivity contribution in [2.45, 2.75) is 6.04 Å². The molecule has 0 bridgehead atoms. The van der Waals surface area contributed by atoms with Crippen LogP contribution >= 0.6 is 27.5 Å². The van der Waals surface area contributed by atoms with Crippen LogP contribution in [0.5, 0.6) is 0 Å². The van der Waals surface area contributed by atoms with Gasteiger partial charge >= 0.3 is 0 Å². The molecule has 2 rings (SSSR count). The van der Waals surface area contributed by atoms with Crippen molar-refractivity contribution in [1.82, 2.24) is 10.3 Å². The predicted molar refractivity (Wildman–Crippen MR) is 87.2 cm³/mol. The van der Waals surface area contributed by atoms with Crippen LogP contribution in [0.3, 0.4) is 0 Å². The van der Waals surface area contributed by atoms with E-state index in [2.05, 4.69) is 26.2 Å². The Balaban J connectivity index is 0.000000255. The van der Waals surface area contributed by atoms with Crippen molar-refractivity contribution < 1.29 is 13.9 Å². The van der Waals surface area contributed by atoms with Gasteiger partial charge in [-0.05, 0) is 52.8 Å². The minimum Gasteiger partial charge on any atom is -0.466 e. The summed E-state index contributed by atoms with van der Waals surface area (Å²) in [4.78, 5) is 14.1. The van der Waals surface area contributed by atoms with Crippen LogP contribution in [0.4, 0.5) is 4.39 Å². The van der Waals surface area contributed by atoms with Gasteiger partial charge in [0.15, 0.2) is 0 Å². The minimum absolute atomic E-state index is 0.0230. The Morgan fingerprint density at radius 2 is 2.23 bits per heavy atom. The van der Waals surface area contributed by atoms with Gasteiger partial charge in [0, 0.05) is 21.9 Å². The van der Waals surface area contributed by atoms with Crippen molar-refractivity contribution in [1.29, 1.82) is 0 Å². The number of hydrogen-bond donors (Lipinski definition) is 1. The van der Waals surface area contributed by atoms with E-state index in [4.69, 9.17) is 16.3 Å². The first-order valence-electron chi connectivity index (χ1n) is 6.31. The summed E-state index contributed by atoms with van der Waals surface area (Å²) in [7, 11) is 1.81. The van der Waals surface area contributed by atoms with Crippen molar-refractivity contribution in [3.05, 3.63) is 63.6 Å². The largest absolute Gasteiger partial charge is 0.466 e. The van der Waals surface area contributed by atoms with Crippen LogP contribution in [-0.4, -0.2) is 25.1 Å². The van der Waals surface area contributed by atoms with Crippen LogP contribution in [0, 0.1) is 5.82 Å². The van der Waals surface area contributed by atoms with Crippen molar-refractivity contribution in [2.75, 3.05) is 13.7 Å². The number of nitrogens with one attached hydrogen (secondary N) is 1. The lowest BCUT2D eigenvalue weighted by atomic mass is 10.1. The Hall–Kier alpha value is -1.50. The fraction of sp³-hybridized carbons (Fsp3) is 0.200. The molecule has 4 nitrogen and oxygen atoms in total. The molecule has 118 valence electrons. The lowest BCUT2D eigenvalue weighted by molar-refractivity contribution is -0.129. The Labute approximate surface area is 141 Å². The van der Waals surface area contributed by atoms with E-state index in [-0.39, 0.29) is 11.9 Å². The number of halogens is 3. The Morgan fingerprint density at radius 3 is 2.73 bits per heavy atom. The van der Waals surface area contributed by atoms with Gasteiger partial charge in [0.05, 0.1) is 6.04 Å². The summed E-state index contributed by atoms with van der Waals surface area (Å²) in [6.07, 6.45) is 3.44. The lowest BCUT2D eigenvalue weighted by Gasteiger charge is -2.14. The predicted octanol–water partition coefficient (Wildman–Crippen LogP) is 3.76. The van der Waals surface area contributed by atoms with Crippen LogP contribution in [0.25, 0.3) is 0 Å². The number of ether oxygens (including phenoxy) is 1. The van der Waals surface area contributed by atoms with Gasteiger partial charge < -0.3 is 10.1 Å². The highest BCUT2D eigenvalue weighted by molar-refractivity contribution is 9.10. The summed E-state index contributed by atoms with van der Waals surface area (Å²) in [5, 5.41) is 3.47. The fourth-order valence-corrected chi connectivity index (χ4v) is 2.12. The zero-order chi connectivity index (χ0) is 16.4. The van der Waals surface area contributed by atoms with Crippen LogP contribution in [-0.2, 0) is 9.53 Å². The first-order valence-corrected chi connectivity index (χ1v) is 7.48. The SMILES string of the molecule is CNC(COC=O)c1cncc(Br)c1.Fc1cccc(Cl)c1. The van der Waals surface area contributed by atoms with Crippen molar-refractivity contribution in [2.24, 2.45) is 0 Å². The number of rotatable bonds is 5. The van der Waals surface area contributed by atoms with E-state index in [9.17, 15) is 9.18 Å². The molecule has 2 aromatic rings. The summed E-state index contributed by atoms with van der Waals surface area (Å²) in [5.41, 5.74) is 0.976. The van der Waals surface area contributed by atoms with Gasteiger partial charge in [0.25, 0.3) is 6.47 Å². The van der Waals surface area contributed by atoms with Gasteiger partial charge in [-0.25, -0.2) is 4.39 Å².